The van der Waals surface area contributed by atoms with Crippen molar-refractivity contribution >= 4 is 0 Å². The van der Waals surface area contributed by atoms with E-state index in [0.717, 1.165) is 18.7 Å². The molecule has 0 spiro atoms. The number of benzene rings is 1. The predicted octanol–water partition coefficient (Wildman–Crippen LogP) is 1.73. The van der Waals surface area contributed by atoms with Crippen LogP contribution in [0.25, 0.3) is 5.69 Å². The average Bonchev–Trinajstić information content (AvgIpc) is 2.94. The maximum Gasteiger partial charge on any atom is 0.0645 e. The van der Waals surface area contributed by atoms with Gasteiger partial charge >= 0.3 is 0 Å². The van der Waals surface area contributed by atoms with E-state index < -0.39 is 0 Å². The minimum absolute atomic E-state index is 0.177. The summed E-state index contributed by atoms with van der Waals surface area (Å²) in [5, 5.41) is 16.6. The van der Waals surface area contributed by atoms with Gasteiger partial charge in [-0.1, -0.05) is 19.1 Å². The Kier molecular flexibility index (Phi) is 4.50. The third-order valence-corrected chi connectivity index (χ3v) is 3.01. The molecule has 0 saturated carbocycles. The topological polar surface area (TPSA) is 50.1 Å². The summed E-state index contributed by atoms with van der Waals surface area (Å²) in [6.07, 6.45) is 4.62. The Morgan fingerprint density at radius 3 is 2.67 bits per heavy atom. The monoisotopic (exact) mass is 245 g/mol. The van der Waals surface area contributed by atoms with Crippen molar-refractivity contribution in [1.29, 1.82) is 0 Å². The summed E-state index contributed by atoms with van der Waals surface area (Å²) >= 11 is 0. The van der Waals surface area contributed by atoms with Crippen molar-refractivity contribution in [1.82, 2.24) is 15.1 Å². The van der Waals surface area contributed by atoms with E-state index in [0.29, 0.717) is 0 Å². The van der Waals surface area contributed by atoms with Crippen LogP contribution in [-0.4, -0.2) is 27.5 Å². The van der Waals surface area contributed by atoms with Gasteiger partial charge in [0.25, 0.3) is 0 Å². The van der Waals surface area contributed by atoms with E-state index in [1.54, 1.807) is 6.20 Å². The van der Waals surface area contributed by atoms with Gasteiger partial charge in [0, 0.05) is 25.0 Å². The van der Waals surface area contributed by atoms with Crippen molar-refractivity contribution in [3.63, 3.8) is 0 Å². The molecule has 0 fully saturated rings. The molecule has 96 valence electrons. The van der Waals surface area contributed by atoms with Crippen LogP contribution in [0.15, 0.2) is 42.7 Å². The molecule has 0 saturated heterocycles. The van der Waals surface area contributed by atoms with Crippen molar-refractivity contribution in [2.45, 2.75) is 25.9 Å². The minimum Gasteiger partial charge on any atom is -0.395 e. The average molecular weight is 245 g/mol. The van der Waals surface area contributed by atoms with E-state index in [2.05, 4.69) is 29.5 Å². The highest BCUT2D eigenvalue weighted by Crippen LogP contribution is 2.08. The lowest BCUT2D eigenvalue weighted by Gasteiger charge is -2.14. The standard InChI is InChI=1S/C14H19N3O/c1-2-13(11-18)15-10-12-4-6-14(7-5-12)17-9-3-8-16-17/h3-9,13,15,18H,2,10-11H2,1H3/t13-/m1/s1. The number of rotatable bonds is 6. The second-order valence-electron chi connectivity index (χ2n) is 4.29. The van der Waals surface area contributed by atoms with Crippen LogP contribution in [0.1, 0.15) is 18.9 Å². The Bertz CT molecular complexity index is 446. The fraction of sp³-hybridized carbons (Fsp3) is 0.357. The zero-order valence-corrected chi connectivity index (χ0v) is 10.6. The Morgan fingerprint density at radius 2 is 2.11 bits per heavy atom. The molecule has 0 bridgehead atoms. The second kappa shape index (κ2) is 6.33. The first-order valence-electron chi connectivity index (χ1n) is 6.26. The molecule has 0 radical (unpaired) electrons. The van der Waals surface area contributed by atoms with Crippen LogP contribution < -0.4 is 5.32 Å². The SMILES string of the molecule is CC[C@H](CO)NCc1ccc(-n2cccn2)cc1. The number of hydrogen-bond donors (Lipinski definition) is 2. The third-order valence-electron chi connectivity index (χ3n) is 3.01. The Labute approximate surface area is 107 Å². The van der Waals surface area contributed by atoms with Crippen LogP contribution in [0.2, 0.25) is 0 Å². The minimum atomic E-state index is 0.177. The quantitative estimate of drug-likeness (QED) is 0.815. The van der Waals surface area contributed by atoms with Gasteiger partial charge in [-0.25, -0.2) is 4.68 Å². The highest BCUT2D eigenvalue weighted by molar-refractivity contribution is 5.33. The van der Waals surface area contributed by atoms with E-state index in [-0.39, 0.29) is 12.6 Å². The lowest BCUT2D eigenvalue weighted by Crippen LogP contribution is -2.31. The fourth-order valence-electron chi connectivity index (χ4n) is 1.79. The summed E-state index contributed by atoms with van der Waals surface area (Å²) < 4.78 is 1.83. The zero-order valence-electron chi connectivity index (χ0n) is 10.6. The van der Waals surface area contributed by atoms with Gasteiger partial charge in [-0.2, -0.15) is 5.10 Å². The summed E-state index contributed by atoms with van der Waals surface area (Å²) in [5.74, 6) is 0. The van der Waals surface area contributed by atoms with E-state index in [1.807, 2.05) is 29.1 Å². The number of nitrogens with one attached hydrogen (secondary N) is 1. The molecule has 2 aromatic rings. The van der Waals surface area contributed by atoms with Crippen molar-refractivity contribution < 1.29 is 5.11 Å². The van der Waals surface area contributed by atoms with Crippen LogP contribution in [0.5, 0.6) is 0 Å². The van der Waals surface area contributed by atoms with Crippen LogP contribution in [0.4, 0.5) is 0 Å². The summed E-state index contributed by atoms with van der Waals surface area (Å²) in [5.41, 5.74) is 2.26. The van der Waals surface area contributed by atoms with Gasteiger partial charge in [-0.05, 0) is 30.2 Å². The van der Waals surface area contributed by atoms with Gasteiger partial charge in [-0.15, -0.1) is 0 Å². The molecule has 2 N–H and O–H groups in total. The molecule has 0 aliphatic heterocycles. The van der Waals surface area contributed by atoms with Crippen molar-refractivity contribution in [2.75, 3.05) is 6.61 Å². The van der Waals surface area contributed by atoms with Gasteiger partial charge in [0.2, 0.25) is 0 Å². The van der Waals surface area contributed by atoms with Gasteiger partial charge in [0.15, 0.2) is 0 Å². The number of aromatic nitrogens is 2. The highest BCUT2D eigenvalue weighted by atomic mass is 16.3. The lowest BCUT2D eigenvalue weighted by molar-refractivity contribution is 0.238. The van der Waals surface area contributed by atoms with Crippen LogP contribution >= 0.6 is 0 Å². The molecule has 0 unspecified atom stereocenters. The first kappa shape index (κ1) is 12.8. The molecular formula is C14H19N3O. The molecule has 1 aromatic heterocycles. The van der Waals surface area contributed by atoms with Crippen molar-refractivity contribution in [3.05, 3.63) is 48.3 Å². The number of hydrogen-bond acceptors (Lipinski definition) is 3. The summed E-state index contributed by atoms with van der Waals surface area (Å²) in [7, 11) is 0. The van der Waals surface area contributed by atoms with E-state index >= 15 is 0 Å². The Balaban J connectivity index is 1.96. The number of nitrogens with zero attached hydrogens (tertiary/aromatic N) is 2. The first-order chi connectivity index (χ1) is 8.83. The smallest absolute Gasteiger partial charge is 0.0645 e. The fourth-order valence-corrected chi connectivity index (χ4v) is 1.79. The molecule has 1 heterocycles. The molecule has 4 nitrogen and oxygen atoms in total. The molecule has 1 atom stereocenters. The maximum absolute atomic E-state index is 9.10. The van der Waals surface area contributed by atoms with Crippen molar-refractivity contribution in [2.24, 2.45) is 0 Å². The molecule has 0 aliphatic rings. The summed E-state index contributed by atoms with van der Waals surface area (Å²) in [6.45, 7) is 3.02. The molecule has 1 aromatic carbocycles. The van der Waals surface area contributed by atoms with E-state index in [1.165, 1.54) is 5.56 Å². The molecule has 0 aliphatic carbocycles. The lowest BCUT2D eigenvalue weighted by atomic mass is 10.2. The normalized spacial score (nSPS) is 12.6. The second-order valence-corrected chi connectivity index (χ2v) is 4.29. The summed E-state index contributed by atoms with van der Waals surface area (Å²) in [4.78, 5) is 0. The van der Waals surface area contributed by atoms with Gasteiger partial charge in [-0.3, -0.25) is 0 Å². The third kappa shape index (κ3) is 3.18. The zero-order chi connectivity index (χ0) is 12.8. The molecule has 0 amide bonds. The predicted molar refractivity (Wildman–Crippen MR) is 71.6 cm³/mol. The van der Waals surface area contributed by atoms with Gasteiger partial charge in [0.1, 0.15) is 0 Å². The highest BCUT2D eigenvalue weighted by Gasteiger charge is 2.03. The van der Waals surface area contributed by atoms with Crippen molar-refractivity contribution in [3.8, 4) is 5.69 Å². The maximum atomic E-state index is 9.10. The molecule has 18 heavy (non-hydrogen) atoms. The van der Waals surface area contributed by atoms with E-state index in [9.17, 15) is 0 Å². The van der Waals surface area contributed by atoms with Crippen LogP contribution in [0.3, 0.4) is 0 Å². The van der Waals surface area contributed by atoms with Crippen LogP contribution in [0, 0.1) is 0 Å². The Hall–Kier alpha value is -1.65. The first-order valence-corrected chi connectivity index (χ1v) is 6.26. The summed E-state index contributed by atoms with van der Waals surface area (Å²) in [6, 6.07) is 10.3. The van der Waals surface area contributed by atoms with Gasteiger partial charge in [0.05, 0.1) is 12.3 Å². The van der Waals surface area contributed by atoms with Gasteiger partial charge < -0.3 is 10.4 Å². The Morgan fingerprint density at radius 1 is 1.33 bits per heavy atom. The number of aliphatic hydroxyl groups excluding tert-OH is 1. The van der Waals surface area contributed by atoms with E-state index in [4.69, 9.17) is 5.11 Å². The number of aliphatic hydroxyl groups is 1. The molecular weight excluding hydrogens is 226 g/mol. The molecule has 2 rings (SSSR count). The largest absolute Gasteiger partial charge is 0.395 e. The van der Waals surface area contributed by atoms with Crippen LogP contribution in [-0.2, 0) is 6.54 Å². The molecule has 4 heteroatoms.